The van der Waals surface area contributed by atoms with Crippen LogP contribution in [0.25, 0.3) is 55.0 Å². The van der Waals surface area contributed by atoms with Gasteiger partial charge in [0.2, 0.25) is 0 Å². The minimum absolute atomic E-state index is 0.0346. The van der Waals surface area contributed by atoms with Gasteiger partial charge in [-0.3, -0.25) is 0 Å². The minimum Gasteiger partial charge on any atom is -0.207 e. The van der Waals surface area contributed by atoms with Crippen molar-refractivity contribution in [3.63, 3.8) is 0 Å². The van der Waals surface area contributed by atoms with Crippen LogP contribution in [0.4, 0.5) is 8.78 Å². The molecule has 0 bridgehead atoms. The molecule has 4 unspecified atom stereocenters. The average Bonchev–Trinajstić information content (AvgIpc) is 4.08. The molecule has 306 valence electrons. The summed E-state index contributed by atoms with van der Waals surface area (Å²) in [5.41, 5.74) is 14.9. The smallest absolute Gasteiger partial charge is 0.134 e. The molecule has 0 radical (unpaired) electrons. The van der Waals surface area contributed by atoms with Gasteiger partial charge in [-0.05, 0) is 135 Å². The first-order chi connectivity index (χ1) is 32.4. The molecule has 4 atom stereocenters. The number of hydrogen-bond donors (Lipinski definition) is 0. The van der Waals surface area contributed by atoms with E-state index in [1.165, 1.54) is 24.3 Å². The molecule has 4 aliphatic carbocycles. The molecule has 4 aliphatic rings. The van der Waals surface area contributed by atoms with Crippen LogP contribution in [0.3, 0.4) is 0 Å². The van der Waals surface area contributed by atoms with Crippen LogP contribution in [0, 0.1) is 57.0 Å². The first kappa shape index (κ1) is 38.7. The van der Waals surface area contributed by atoms with Gasteiger partial charge in [-0.25, -0.2) is 8.78 Å². The van der Waals surface area contributed by atoms with Gasteiger partial charge in [0, 0.05) is 23.7 Å². The Morgan fingerprint density at radius 2 is 0.773 bits per heavy atom. The predicted octanol–water partition coefficient (Wildman–Crippen LogP) is 14.2. The van der Waals surface area contributed by atoms with Gasteiger partial charge in [-0.1, -0.05) is 146 Å². The van der Waals surface area contributed by atoms with Crippen molar-refractivity contribution in [2.75, 3.05) is 0 Å². The van der Waals surface area contributed by atoms with Gasteiger partial charge in [0.25, 0.3) is 0 Å². The number of benzene rings is 8. The molecule has 8 aromatic carbocycles. The van der Waals surface area contributed by atoms with Crippen molar-refractivity contribution in [1.82, 2.24) is 0 Å². The Balaban J connectivity index is 1.12. The van der Waals surface area contributed by atoms with Crippen molar-refractivity contribution in [1.29, 1.82) is 21.0 Å². The summed E-state index contributed by atoms with van der Waals surface area (Å²) < 4.78 is 29.1. The SMILES string of the molecule is N#CC(C#N)=C1C(c2ccccc2)=C2c3cccc4c(-c5ccc6c7c(cccc57)C5=C(c7ccc(F)cc7)C(=C(C#N)C#N)C(c7ccc(F)cc7)C56)ccc(c34)C2C1c1ccccc1. The van der Waals surface area contributed by atoms with Crippen molar-refractivity contribution in [2.24, 2.45) is 0 Å². The molecular weight excluding hydrogens is 815 g/mol. The Bertz CT molecular complexity index is 3720. The Morgan fingerprint density at radius 3 is 1.23 bits per heavy atom. The molecule has 0 fully saturated rings. The number of fused-ring (bicyclic) bond motifs is 6. The number of allylic oxidation sites excluding steroid dienone is 8. The van der Waals surface area contributed by atoms with E-state index in [0.717, 1.165) is 99.5 Å². The van der Waals surface area contributed by atoms with Crippen LogP contribution < -0.4 is 0 Å². The van der Waals surface area contributed by atoms with Gasteiger partial charge >= 0.3 is 0 Å². The Labute approximate surface area is 379 Å². The lowest BCUT2D eigenvalue weighted by Gasteiger charge is -2.24. The molecule has 0 N–H and O–H groups in total. The monoisotopic (exact) mass is 846 g/mol. The highest BCUT2D eigenvalue weighted by atomic mass is 19.1. The number of halogens is 2. The molecule has 0 aromatic heterocycles. The van der Waals surface area contributed by atoms with E-state index in [1.54, 1.807) is 24.3 Å². The third-order valence-electron chi connectivity index (χ3n) is 14.2. The van der Waals surface area contributed by atoms with Gasteiger partial charge in [-0.2, -0.15) is 21.0 Å². The standard InChI is InChI=1S/C60H32F2N4/c61-39-21-17-35(18-22-39)51-54(38(31-65)32-66)52(36-19-23-40(62)24-20-36)60-48-28-26-42(44-14-8-16-46(56(44)48)58(51)60)41-25-27-47-55-43(41)13-7-15-45(55)57-49(33-9-3-1-4-10-33)53(37(29-63)30-64)50(59(47)57)34-11-5-2-6-12-34/h1-28,50,52,59-60H. The molecule has 4 nitrogen and oxygen atoms in total. The summed E-state index contributed by atoms with van der Waals surface area (Å²) in [7, 11) is 0. The highest BCUT2D eigenvalue weighted by Gasteiger charge is 2.49. The fourth-order valence-corrected chi connectivity index (χ4v) is 11.9. The van der Waals surface area contributed by atoms with E-state index >= 15 is 0 Å². The molecule has 6 heteroatoms. The van der Waals surface area contributed by atoms with Crippen molar-refractivity contribution in [3.05, 3.63) is 248 Å². The van der Waals surface area contributed by atoms with Crippen molar-refractivity contribution in [2.45, 2.75) is 23.7 Å². The highest BCUT2D eigenvalue weighted by molar-refractivity contribution is 6.22. The molecule has 66 heavy (non-hydrogen) atoms. The van der Waals surface area contributed by atoms with Gasteiger partial charge < -0.3 is 0 Å². The number of hydrogen-bond acceptors (Lipinski definition) is 4. The maximum Gasteiger partial charge on any atom is 0.134 e. The Morgan fingerprint density at radius 1 is 0.364 bits per heavy atom. The molecule has 0 saturated heterocycles. The second-order valence-corrected chi connectivity index (χ2v) is 17.2. The summed E-state index contributed by atoms with van der Waals surface area (Å²) in [6.07, 6.45) is 0. The van der Waals surface area contributed by atoms with E-state index < -0.39 is 11.7 Å². The van der Waals surface area contributed by atoms with E-state index in [2.05, 4.69) is 109 Å². The first-order valence-electron chi connectivity index (χ1n) is 21.8. The first-order valence-corrected chi connectivity index (χ1v) is 21.8. The van der Waals surface area contributed by atoms with Crippen LogP contribution in [0.15, 0.2) is 192 Å². The van der Waals surface area contributed by atoms with Crippen molar-refractivity contribution >= 4 is 43.8 Å². The Kier molecular flexibility index (Phi) is 8.70. The van der Waals surface area contributed by atoms with Crippen LogP contribution in [-0.2, 0) is 0 Å². The van der Waals surface area contributed by atoms with Crippen molar-refractivity contribution < 1.29 is 8.78 Å². The van der Waals surface area contributed by atoms with E-state index in [1.807, 2.05) is 36.4 Å². The summed E-state index contributed by atoms with van der Waals surface area (Å²) in [4.78, 5) is 0. The van der Waals surface area contributed by atoms with E-state index in [4.69, 9.17) is 0 Å². The van der Waals surface area contributed by atoms with E-state index in [-0.39, 0.29) is 34.7 Å². The highest BCUT2D eigenvalue weighted by Crippen LogP contribution is 2.67. The van der Waals surface area contributed by atoms with Crippen LogP contribution in [0.2, 0.25) is 0 Å². The lowest BCUT2D eigenvalue weighted by molar-refractivity contribution is 0.625. The zero-order chi connectivity index (χ0) is 44.8. The Hall–Kier alpha value is -8.94. The van der Waals surface area contributed by atoms with Gasteiger partial charge in [0.15, 0.2) is 0 Å². The van der Waals surface area contributed by atoms with Crippen molar-refractivity contribution in [3.8, 4) is 35.4 Å². The summed E-state index contributed by atoms with van der Waals surface area (Å²) in [6.45, 7) is 0. The lowest BCUT2D eigenvalue weighted by atomic mass is 9.78. The quantitative estimate of drug-likeness (QED) is 0.161. The molecule has 0 aliphatic heterocycles. The normalized spacial score (nSPS) is 18.5. The topological polar surface area (TPSA) is 95.2 Å². The summed E-state index contributed by atoms with van der Waals surface area (Å²) in [6, 6.07) is 63.2. The fraction of sp³-hybridized carbons (Fsp3) is 0.0667. The molecule has 12 rings (SSSR count). The molecular formula is C60H32F2N4. The maximum atomic E-state index is 14.5. The number of nitriles is 4. The summed E-state index contributed by atoms with van der Waals surface area (Å²) >= 11 is 0. The summed E-state index contributed by atoms with van der Waals surface area (Å²) in [5, 5.41) is 46.2. The lowest BCUT2D eigenvalue weighted by Crippen LogP contribution is -2.09. The second kappa shape index (κ2) is 14.8. The second-order valence-electron chi connectivity index (χ2n) is 17.2. The fourth-order valence-electron chi connectivity index (χ4n) is 11.9. The largest absolute Gasteiger partial charge is 0.207 e. The summed E-state index contributed by atoms with van der Waals surface area (Å²) in [5.74, 6) is -2.04. The molecule has 0 amide bonds. The van der Waals surface area contributed by atoms with E-state index in [9.17, 15) is 29.8 Å². The minimum atomic E-state index is -0.501. The van der Waals surface area contributed by atoms with E-state index in [0.29, 0.717) is 11.1 Å². The predicted molar refractivity (Wildman–Crippen MR) is 254 cm³/mol. The van der Waals surface area contributed by atoms with Crippen LogP contribution in [0.5, 0.6) is 0 Å². The maximum absolute atomic E-state index is 14.5. The number of nitrogens with zero attached hydrogens (tertiary/aromatic N) is 4. The van der Waals surface area contributed by atoms with Crippen LogP contribution >= 0.6 is 0 Å². The van der Waals surface area contributed by atoms with Crippen LogP contribution in [0.1, 0.15) is 68.2 Å². The average molecular weight is 847 g/mol. The third-order valence-corrected chi connectivity index (χ3v) is 14.2. The van der Waals surface area contributed by atoms with Gasteiger partial charge in [0.05, 0.1) is 0 Å². The van der Waals surface area contributed by atoms with Crippen LogP contribution in [-0.4, -0.2) is 0 Å². The molecule has 0 spiro atoms. The number of rotatable bonds is 5. The zero-order valence-corrected chi connectivity index (χ0v) is 35.0. The molecule has 0 heterocycles. The molecule has 8 aromatic rings. The third kappa shape index (κ3) is 5.37. The van der Waals surface area contributed by atoms with Gasteiger partial charge in [0.1, 0.15) is 47.1 Å². The zero-order valence-electron chi connectivity index (χ0n) is 35.0. The van der Waals surface area contributed by atoms with Gasteiger partial charge in [-0.15, -0.1) is 0 Å². The molecule has 0 saturated carbocycles.